The van der Waals surface area contributed by atoms with Gasteiger partial charge in [0, 0.05) is 38.5 Å². The third kappa shape index (κ3) is 5.49. The van der Waals surface area contributed by atoms with E-state index < -0.39 is 0 Å². The number of hydrogen-bond donors (Lipinski definition) is 2. The van der Waals surface area contributed by atoms with Gasteiger partial charge < -0.3 is 10.6 Å². The van der Waals surface area contributed by atoms with Crippen molar-refractivity contribution in [2.75, 3.05) is 26.2 Å². The highest BCUT2D eigenvalue weighted by Crippen LogP contribution is 2.10. The Bertz CT molecular complexity index is 292. The van der Waals surface area contributed by atoms with Crippen molar-refractivity contribution >= 4 is 11.8 Å². The molecule has 104 valence electrons. The quantitative estimate of drug-likeness (QED) is 0.745. The Kier molecular flexibility index (Phi) is 6.12. The first kappa shape index (κ1) is 15.0. The predicted octanol–water partition coefficient (Wildman–Crippen LogP) is 0.359. The van der Waals surface area contributed by atoms with E-state index in [1.54, 1.807) is 0 Å². The predicted molar refractivity (Wildman–Crippen MR) is 71.1 cm³/mol. The maximum atomic E-state index is 11.6. The van der Waals surface area contributed by atoms with Crippen molar-refractivity contribution in [3.63, 3.8) is 0 Å². The van der Waals surface area contributed by atoms with E-state index in [-0.39, 0.29) is 23.8 Å². The molecule has 1 atom stereocenters. The van der Waals surface area contributed by atoms with Crippen molar-refractivity contribution < 1.29 is 9.59 Å². The Labute approximate surface area is 109 Å². The van der Waals surface area contributed by atoms with Crippen molar-refractivity contribution in [2.24, 2.45) is 5.92 Å². The van der Waals surface area contributed by atoms with Gasteiger partial charge in [-0.1, -0.05) is 13.8 Å². The fourth-order valence-corrected chi connectivity index (χ4v) is 2.13. The van der Waals surface area contributed by atoms with Crippen molar-refractivity contribution in [1.82, 2.24) is 15.5 Å². The Hall–Kier alpha value is -1.10. The summed E-state index contributed by atoms with van der Waals surface area (Å²) in [6.45, 7) is 8.82. The van der Waals surface area contributed by atoms with Gasteiger partial charge in [-0.05, 0) is 19.4 Å². The number of rotatable bonds is 5. The van der Waals surface area contributed by atoms with Gasteiger partial charge in [-0.15, -0.1) is 0 Å². The molecule has 0 aliphatic carbocycles. The number of nitrogens with zero attached hydrogens (tertiary/aromatic N) is 1. The van der Waals surface area contributed by atoms with Crippen LogP contribution in [0, 0.1) is 5.92 Å². The lowest BCUT2D eigenvalue weighted by atomic mass is 10.0. The van der Waals surface area contributed by atoms with Crippen LogP contribution >= 0.6 is 0 Å². The fraction of sp³-hybridized carbons (Fsp3) is 0.846. The van der Waals surface area contributed by atoms with Gasteiger partial charge in [0.15, 0.2) is 0 Å². The SMILES string of the molecule is CC(=O)NCCN1CCCC(NC(=O)C(C)C)C1. The zero-order valence-electron chi connectivity index (χ0n) is 11.7. The molecule has 1 fully saturated rings. The van der Waals surface area contributed by atoms with E-state index in [0.29, 0.717) is 6.54 Å². The second kappa shape index (κ2) is 7.36. The van der Waals surface area contributed by atoms with E-state index in [1.165, 1.54) is 6.92 Å². The van der Waals surface area contributed by atoms with Gasteiger partial charge in [-0.25, -0.2) is 0 Å². The molecule has 0 aromatic carbocycles. The molecule has 2 amide bonds. The van der Waals surface area contributed by atoms with E-state index in [4.69, 9.17) is 0 Å². The number of hydrogen-bond acceptors (Lipinski definition) is 3. The highest BCUT2D eigenvalue weighted by Gasteiger charge is 2.21. The lowest BCUT2D eigenvalue weighted by Crippen LogP contribution is -2.50. The number of amides is 2. The summed E-state index contributed by atoms with van der Waals surface area (Å²) in [6.07, 6.45) is 2.15. The fourth-order valence-electron chi connectivity index (χ4n) is 2.13. The van der Waals surface area contributed by atoms with E-state index in [1.807, 2.05) is 13.8 Å². The van der Waals surface area contributed by atoms with Crippen LogP contribution < -0.4 is 10.6 Å². The Morgan fingerprint density at radius 1 is 1.39 bits per heavy atom. The minimum Gasteiger partial charge on any atom is -0.355 e. The molecule has 1 aliphatic rings. The molecule has 2 N–H and O–H groups in total. The molecule has 1 aliphatic heterocycles. The molecule has 0 radical (unpaired) electrons. The molecule has 5 heteroatoms. The summed E-state index contributed by atoms with van der Waals surface area (Å²) in [5, 5.41) is 5.88. The highest BCUT2D eigenvalue weighted by molar-refractivity contribution is 5.78. The lowest BCUT2D eigenvalue weighted by molar-refractivity contribution is -0.125. The second-order valence-corrected chi connectivity index (χ2v) is 5.29. The molecule has 1 rings (SSSR count). The molecule has 0 spiro atoms. The average molecular weight is 255 g/mol. The van der Waals surface area contributed by atoms with Gasteiger partial charge in [-0.2, -0.15) is 0 Å². The van der Waals surface area contributed by atoms with Gasteiger partial charge in [0.05, 0.1) is 0 Å². The summed E-state index contributed by atoms with van der Waals surface area (Å²) < 4.78 is 0. The van der Waals surface area contributed by atoms with Crippen LogP contribution in [0.1, 0.15) is 33.6 Å². The lowest BCUT2D eigenvalue weighted by Gasteiger charge is -2.33. The molecule has 18 heavy (non-hydrogen) atoms. The number of carbonyl (C=O) groups is 2. The van der Waals surface area contributed by atoms with Gasteiger partial charge in [0.2, 0.25) is 11.8 Å². The maximum Gasteiger partial charge on any atom is 0.222 e. The Balaban J connectivity index is 2.27. The molecule has 0 bridgehead atoms. The van der Waals surface area contributed by atoms with Crippen LogP contribution in [0.15, 0.2) is 0 Å². The zero-order chi connectivity index (χ0) is 13.5. The molecule has 1 heterocycles. The molecular weight excluding hydrogens is 230 g/mol. The summed E-state index contributed by atoms with van der Waals surface area (Å²) in [4.78, 5) is 24.7. The first-order chi connectivity index (χ1) is 8.49. The summed E-state index contributed by atoms with van der Waals surface area (Å²) in [6, 6.07) is 0.256. The Morgan fingerprint density at radius 2 is 2.11 bits per heavy atom. The van der Waals surface area contributed by atoms with Crippen LogP contribution in [0.2, 0.25) is 0 Å². The largest absolute Gasteiger partial charge is 0.355 e. The van der Waals surface area contributed by atoms with Crippen molar-refractivity contribution in [3.05, 3.63) is 0 Å². The molecule has 0 saturated carbocycles. The number of carbonyl (C=O) groups excluding carboxylic acids is 2. The van der Waals surface area contributed by atoms with E-state index >= 15 is 0 Å². The summed E-state index contributed by atoms with van der Waals surface area (Å²) in [7, 11) is 0. The van der Waals surface area contributed by atoms with Crippen molar-refractivity contribution in [1.29, 1.82) is 0 Å². The maximum absolute atomic E-state index is 11.6. The molecular formula is C13H25N3O2. The summed E-state index contributed by atoms with van der Waals surface area (Å²) >= 11 is 0. The monoisotopic (exact) mass is 255 g/mol. The molecule has 1 saturated heterocycles. The van der Waals surface area contributed by atoms with Gasteiger partial charge >= 0.3 is 0 Å². The van der Waals surface area contributed by atoms with Crippen LogP contribution in [0.4, 0.5) is 0 Å². The number of likely N-dealkylation sites (tertiary alicyclic amines) is 1. The Morgan fingerprint density at radius 3 is 2.72 bits per heavy atom. The minimum absolute atomic E-state index is 0.0108. The second-order valence-electron chi connectivity index (χ2n) is 5.29. The van der Waals surface area contributed by atoms with Crippen LogP contribution in [0.5, 0.6) is 0 Å². The van der Waals surface area contributed by atoms with Gasteiger partial charge in [0.25, 0.3) is 0 Å². The molecule has 5 nitrogen and oxygen atoms in total. The van der Waals surface area contributed by atoms with Crippen LogP contribution in [0.25, 0.3) is 0 Å². The summed E-state index contributed by atoms with van der Waals surface area (Å²) in [5.41, 5.74) is 0. The van der Waals surface area contributed by atoms with E-state index in [0.717, 1.165) is 32.5 Å². The normalized spacial score (nSPS) is 20.8. The highest BCUT2D eigenvalue weighted by atomic mass is 16.2. The minimum atomic E-state index is 0.0108. The smallest absolute Gasteiger partial charge is 0.222 e. The van der Waals surface area contributed by atoms with Crippen LogP contribution in [0.3, 0.4) is 0 Å². The van der Waals surface area contributed by atoms with Crippen molar-refractivity contribution in [3.8, 4) is 0 Å². The van der Waals surface area contributed by atoms with Crippen LogP contribution in [-0.4, -0.2) is 48.9 Å². The third-order valence-corrected chi connectivity index (χ3v) is 3.18. The van der Waals surface area contributed by atoms with E-state index in [2.05, 4.69) is 15.5 Å². The van der Waals surface area contributed by atoms with Gasteiger partial charge in [0.1, 0.15) is 0 Å². The van der Waals surface area contributed by atoms with Crippen molar-refractivity contribution in [2.45, 2.75) is 39.7 Å². The summed E-state index contributed by atoms with van der Waals surface area (Å²) in [5.74, 6) is 0.181. The first-order valence-corrected chi connectivity index (χ1v) is 6.76. The van der Waals surface area contributed by atoms with Crippen LogP contribution in [-0.2, 0) is 9.59 Å². The topological polar surface area (TPSA) is 61.4 Å². The average Bonchev–Trinajstić information content (AvgIpc) is 2.28. The number of nitrogens with one attached hydrogen (secondary N) is 2. The van der Waals surface area contributed by atoms with E-state index in [9.17, 15) is 9.59 Å². The first-order valence-electron chi connectivity index (χ1n) is 6.76. The molecule has 0 aromatic rings. The zero-order valence-corrected chi connectivity index (χ0v) is 11.7. The standard InChI is InChI=1S/C13H25N3O2/c1-10(2)13(18)15-12-5-4-7-16(9-12)8-6-14-11(3)17/h10,12H,4-9H2,1-3H3,(H,14,17)(H,15,18). The molecule has 1 unspecified atom stereocenters. The third-order valence-electron chi connectivity index (χ3n) is 3.18. The number of piperidine rings is 1. The van der Waals surface area contributed by atoms with Gasteiger partial charge in [-0.3, -0.25) is 14.5 Å². The molecule has 0 aromatic heterocycles.